The maximum absolute atomic E-state index is 5.79. The van der Waals surface area contributed by atoms with Gasteiger partial charge in [-0.15, -0.1) is 0 Å². The molecule has 0 aliphatic carbocycles. The van der Waals surface area contributed by atoms with Crippen LogP contribution in [0.3, 0.4) is 0 Å². The Morgan fingerprint density at radius 2 is 0.808 bits per heavy atom. The fourth-order valence-electron chi connectivity index (χ4n) is 2.32. The van der Waals surface area contributed by atoms with E-state index in [-0.39, 0.29) is 0 Å². The van der Waals surface area contributed by atoms with Crippen molar-refractivity contribution in [2.45, 2.75) is 37.5 Å². The molecule has 26 heavy (non-hydrogen) atoms. The highest BCUT2D eigenvalue weighted by Gasteiger charge is 2.17. The highest BCUT2D eigenvalue weighted by Crippen LogP contribution is 2.51. The summed E-state index contributed by atoms with van der Waals surface area (Å²) in [5, 5.41) is 0. The van der Waals surface area contributed by atoms with E-state index in [1.807, 2.05) is 64.1 Å². The molecule has 0 heterocycles. The first-order valence-corrected chi connectivity index (χ1v) is 11.0. The quantitative estimate of drug-likeness (QED) is 0.430. The maximum atomic E-state index is 5.79. The Morgan fingerprint density at radius 1 is 0.538 bits per heavy atom. The second-order valence-corrected chi connectivity index (χ2v) is 7.22. The molecule has 4 nitrogen and oxygen atoms in total. The lowest BCUT2D eigenvalue weighted by Crippen LogP contribution is -1.99. The number of hydrogen-bond acceptors (Lipinski definition) is 6. The second kappa shape index (κ2) is 11.1. The third-order valence-electron chi connectivity index (χ3n) is 3.29. The van der Waals surface area contributed by atoms with Gasteiger partial charge in [-0.25, -0.2) is 0 Å². The molecule has 2 rings (SSSR count). The van der Waals surface area contributed by atoms with Gasteiger partial charge < -0.3 is 18.9 Å². The predicted octanol–water partition coefficient (Wildman–Crippen LogP) is 6.08. The van der Waals surface area contributed by atoms with E-state index in [0.717, 1.165) is 32.8 Å². The fraction of sp³-hybridized carbons (Fsp3) is 0.400. The maximum Gasteiger partial charge on any atom is 0.137 e. The molecule has 0 radical (unpaired) electrons. The van der Waals surface area contributed by atoms with Crippen LogP contribution in [0.5, 0.6) is 23.0 Å². The van der Waals surface area contributed by atoms with Crippen LogP contribution in [0, 0.1) is 0 Å². The van der Waals surface area contributed by atoms with E-state index in [0.29, 0.717) is 26.4 Å². The lowest BCUT2D eigenvalue weighted by atomic mass is 10.3. The molecule has 142 valence electrons. The average molecular weight is 395 g/mol. The molecule has 0 N–H and O–H groups in total. The molecule has 2 aromatic rings. The molecular formula is C20H26O4S2. The Kier molecular flexibility index (Phi) is 8.85. The van der Waals surface area contributed by atoms with Gasteiger partial charge in [0, 0.05) is 0 Å². The molecular weight excluding hydrogens is 368 g/mol. The molecule has 0 saturated carbocycles. The minimum absolute atomic E-state index is 0.605. The molecule has 0 bridgehead atoms. The van der Waals surface area contributed by atoms with Crippen LogP contribution in [0.2, 0.25) is 0 Å². The summed E-state index contributed by atoms with van der Waals surface area (Å²) in [5.74, 6) is 3.29. The van der Waals surface area contributed by atoms with Crippen LogP contribution in [0.15, 0.2) is 46.2 Å². The Balaban J connectivity index is 2.33. The van der Waals surface area contributed by atoms with Crippen LogP contribution >= 0.6 is 21.6 Å². The van der Waals surface area contributed by atoms with Gasteiger partial charge in [0.2, 0.25) is 0 Å². The van der Waals surface area contributed by atoms with Crippen molar-refractivity contribution in [3.05, 3.63) is 36.4 Å². The van der Waals surface area contributed by atoms with Crippen molar-refractivity contribution in [1.82, 2.24) is 0 Å². The topological polar surface area (TPSA) is 36.9 Å². The Bertz CT molecular complexity index is 584. The highest BCUT2D eigenvalue weighted by atomic mass is 33.1. The van der Waals surface area contributed by atoms with Crippen molar-refractivity contribution in [2.24, 2.45) is 0 Å². The van der Waals surface area contributed by atoms with Gasteiger partial charge in [-0.1, -0.05) is 12.1 Å². The van der Waals surface area contributed by atoms with Gasteiger partial charge in [0.15, 0.2) is 0 Å². The summed E-state index contributed by atoms with van der Waals surface area (Å²) in [7, 11) is 3.19. The summed E-state index contributed by atoms with van der Waals surface area (Å²) in [6, 6.07) is 11.8. The molecule has 2 aromatic carbocycles. The second-order valence-electron chi connectivity index (χ2n) is 5.07. The summed E-state index contributed by atoms with van der Waals surface area (Å²) in [6.45, 7) is 10.3. The van der Waals surface area contributed by atoms with Gasteiger partial charge in [-0.2, -0.15) is 0 Å². The smallest absolute Gasteiger partial charge is 0.137 e. The van der Waals surface area contributed by atoms with E-state index in [4.69, 9.17) is 18.9 Å². The Labute approximate surface area is 164 Å². The van der Waals surface area contributed by atoms with Crippen molar-refractivity contribution in [2.75, 3.05) is 26.4 Å². The Morgan fingerprint density at radius 3 is 1.04 bits per heavy atom. The van der Waals surface area contributed by atoms with Crippen LogP contribution < -0.4 is 18.9 Å². The van der Waals surface area contributed by atoms with Crippen LogP contribution in [0.4, 0.5) is 0 Å². The van der Waals surface area contributed by atoms with Gasteiger partial charge in [0.25, 0.3) is 0 Å². The minimum Gasteiger partial charge on any atom is -0.493 e. The standard InChI is InChI=1S/C20H26O4S2/c1-5-21-15-11-9-12-16(22-6-2)19(15)25-26-20-17(23-7-3)13-10-14-18(20)24-8-4/h9-14H,5-8H2,1-4H3. The van der Waals surface area contributed by atoms with Crippen molar-refractivity contribution in [3.8, 4) is 23.0 Å². The summed E-state index contributed by atoms with van der Waals surface area (Å²) in [5.41, 5.74) is 0. The monoisotopic (exact) mass is 394 g/mol. The number of ether oxygens (including phenoxy) is 4. The molecule has 0 spiro atoms. The lowest BCUT2D eigenvalue weighted by molar-refractivity contribution is 0.308. The molecule has 0 fully saturated rings. The SMILES string of the molecule is CCOc1cccc(OCC)c1SSc1c(OCC)cccc1OCC. The summed E-state index contributed by atoms with van der Waals surface area (Å²) < 4.78 is 23.2. The largest absolute Gasteiger partial charge is 0.493 e. The van der Waals surface area contributed by atoms with E-state index in [1.165, 1.54) is 0 Å². The van der Waals surface area contributed by atoms with Crippen LogP contribution in [-0.4, -0.2) is 26.4 Å². The van der Waals surface area contributed by atoms with E-state index in [9.17, 15) is 0 Å². The highest BCUT2D eigenvalue weighted by molar-refractivity contribution is 8.76. The van der Waals surface area contributed by atoms with Gasteiger partial charge >= 0.3 is 0 Å². The van der Waals surface area contributed by atoms with Crippen molar-refractivity contribution in [1.29, 1.82) is 0 Å². The van der Waals surface area contributed by atoms with Crippen LogP contribution in [0.25, 0.3) is 0 Å². The lowest BCUT2D eigenvalue weighted by Gasteiger charge is -2.17. The predicted molar refractivity (Wildman–Crippen MR) is 109 cm³/mol. The zero-order chi connectivity index (χ0) is 18.8. The molecule has 0 aromatic heterocycles. The molecule has 0 unspecified atom stereocenters. The van der Waals surface area contributed by atoms with Gasteiger partial charge in [0.05, 0.1) is 26.4 Å². The third kappa shape index (κ3) is 5.42. The molecule has 0 atom stereocenters. The summed E-state index contributed by atoms with van der Waals surface area (Å²) in [6.07, 6.45) is 0. The Hall–Kier alpha value is -1.66. The minimum atomic E-state index is 0.605. The van der Waals surface area contributed by atoms with E-state index < -0.39 is 0 Å². The first-order chi connectivity index (χ1) is 12.7. The zero-order valence-corrected chi connectivity index (χ0v) is 17.4. The molecule has 0 aliphatic rings. The molecule has 0 saturated heterocycles. The first kappa shape index (κ1) is 20.6. The summed E-state index contributed by atoms with van der Waals surface area (Å²) in [4.78, 5) is 1.94. The van der Waals surface area contributed by atoms with Crippen molar-refractivity contribution in [3.63, 3.8) is 0 Å². The number of benzene rings is 2. The fourth-order valence-corrected chi connectivity index (χ4v) is 4.80. The first-order valence-electron chi connectivity index (χ1n) is 8.86. The number of hydrogen-bond donors (Lipinski definition) is 0. The molecule has 6 heteroatoms. The van der Waals surface area contributed by atoms with Crippen LogP contribution in [0.1, 0.15) is 27.7 Å². The van der Waals surface area contributed by atoms with E-state index in [2.05, 4.69) is 0 Å². The normalized spacial score (nSPS) is 10.5. The van der Waals surface area contributed by atoms with Gasteiger partial charge in [-0.05, 0) is 73.5 Å². The third-order valence-corrected chi connectivity index (χ3v) is 5.76. The number of rotatable bonds is 11. The molecule has 0 amide bonds. The molecule has 0 aliphatic heterocycles. The van der Waals surface area contributed by atoms with Gasteiger partial charge in [0.1, 0.15) is 32.8 Å². The van der Waals surface area contributed by atoms with Gasteiger partial charge in [-0.3, -0.25) is 0 Å². The zero-order valence-electron chi connectivity index (χ0n) is 15.7. The van der Waals surface area contributed by atoms with E-state index >= 15 is 0 Å². The van der Waals surface area contributed by atoms with Crippen molar-refractivity contribution >= 4 is 21.6 Å². The summed E-state index contributed by atoms with van der Waals surface area (Å²) >= 11 is 0. The average Bonchev–Trinajstić information content (AvgIpc) is 2.64. The van der Waals surface area contributed by atoms with E-state index in [1.54, 1.807) is 21.6 Å². The van der Waals surface area contributed by atoms with Crippen molar-refractivity contribution < 1.29 is 18.9 Å². The van der Waals surface area contributed by atoms with Crippen LogP contribution in [-0.2, 0) is 0 Å².